The van der Waals surface area contributed by atoms with E-state index in [1.54, 1.807) is 0 Å². The van der Waals surface area contributed by atoms with Crippen LogP contribution in [0.25, 0.3) is 10.6 Å². The van der Waals surface area contributed by atoms with Crippen molar-refractivity contribution >= 4 is 17.3 Å². The van der Waals surface area contributed by atoms with Gasteiger partial charge in [0.05, 0.1) is 24.3 Å². The van der Waals surface area contributed by atoms with Gasteiger partial charge in [0.1, 0.15) is 10.8 Å². The third-order valence-corrected chi connectivity index (χ3v) is 3.49. The molecule has 2 aromatic rings. The number of hydrogen-bond donors (Lipinski definition) is 1. The minimum absolute atomic E-state index is 0.107. The molecule has 0 saturated heterocycles. The Morgan fingerprint density at radius 1 is 1.42 bits per heavy atom. The van der Waals surface area contributed by atoms with E-state index in [0.717, 1.165) is 22.0 Å². The average Bonchev–Trinajstić information content (AvgIpc) is 2.86. The van der Waals surface area contributed by atoms with Gasteiger partial charge in [-0.15, -0.1) is 11.3 Å². The number of para-hydroxylation sites is 1. The van der Waals surface area contributed by atoms with Gasteiger partial charge < -0.3 is 9.84 Å². The van der Waals surface area contributed by atoms with Gasteiger partial charge in [-0.05, 0) is 19.1 Å². The summed E-state index contributed by atoms with van der Waals surface area (Å²) in [6.45, 7) is 2.55. The molecule has 0 aliphatic rings. The van der Waals surface area contributed by atoms with Crippen molar-refractivity contribution in [3.05, 3.63) is 35.3 Å². The van der Waals surface area contributed by atoms with Crippen LogP contribution in [0.15, 0.2) is 29.6 Å². The highest BCUT2D eigenvalue weighted by Gasteiger charge is 2.10. The molecule has 0 fully saturated rings. The van der Waals surface area contributed by atoms with Crippen LogP contribution in [-0.2, 0) is 11.2 Å². The number of aliphatic carboxylic acids is 1. The number of thiazole rings is 1. The Balaban J connectivity index is 2.20. The Bertz CT molecular complexity index is 565. The lowest BCUT2D eigenvalue weighted by Crippen LogP contribution is -1.97. The van der Waals surface area contributed by atoms with E-state index in [4.69, 9.17) is 9.84 Å². The van der Waals surface area contributed by atoms with Crippen molar-refractivity contribution in [3.63, 3.8) is 0 Å². The Hall–Kier alpha value is -1.88. The summed E-state index contributed by atoms with van der Waals surface area (Å²) in [7, 11) is 0. The number of carbonyl (C=O) groups is 1. The van der Waals surface area contributed by atoms with Crippen LogP contribution in [0.1, 0.15) is 19.0 Å². The lowest BCUT2D eigenvalue weighted by Gasteiger charge is -2.07. The molecule has 0 saturated carbocycles. The van der Waals surface area contributed by atoms with Gasteiger partial charge in [0.25, 0.3) is 0 Å². The summed E-state index contributed by atoms with van der Waals surface area (Å²) in [6, 6.07) is 7.74. The van der Waals surface area contributed by atoms with Crippen LogP contribution >= 0.6 is 11.3 Å². The summed E-state index contributed by atoms with van der Waals surface area (Å²) < 4.78 is 5.57. The van der Waals surface area contributed by atoms with Crippen LogP contribution in [0, 0.1) is 0 Å². The Kier molecular flexibility index (Phi) is 4.52. The van der Waals surface area contributed by atoms with Crippen molar-refractivity contribution in [2.45, 2.75) is 19.8 Å². The molecule has 4 nitrogen and oxygen atoms in total. The molecule has 0 aliphatic heterocycles. The number of carboxylic acid groups (broad SMARTS) is 1. The highest BCUT2D eigenvalue weighted by atomic mass is 32.1. The predicted octanol–water partition coefficient (Wildman–Crippen LogP) is 3.23. The van der Waals surface area contributed by atoms with Crippen molar-refractivity contribution < 1.29 is 14.6 Å². The summed E-state index contributed by atoms with van der Waals surface area (Å²) in [5, 5.41) is 11.4. The van der Waals surface area contributed by atoms with Crippen LogP contribution in [0.2, 0.25) is 0 Å². The number of aryl methyl sites for hydroxylation is 1. The lowest BCUT2D eigenvalue weighted by atomic mass is 10.2. The fourth-order valence-corrected chi connectivity index (χ4v) is 2.59. The van der Waals surface area contributed by atoms with Crippen molar-refractivity contribution in [2.24, 2.45) is 0 Å². The summed E-state index contributed by atoms with van der Waals surface area (Å²) in [5.74, 6) is 0.00778. The molecule has 1 aromatic heterocycles. The monoisotopic (exact) mass is 277 g/mol. The molecule has 0 aliphatic carbocycles. The summed E-state index contributed by atoms with van der Waals surface area (Å²) in [6.07, 6.45) is 0.568. The first-order valence-electron chi connectivity index (χ1n) is 6.09. The van der Waals surface area contributed by atoms with E-state index in [2.05, 4.69) is 4.98 Å². The zero-order valence-corrected chi connectivity index (χ0v) is 11.4. The van der Waals surface area contributed by atoms with E-state index < -0.39 is 5.97 Å². The van der Waals surface area contributed by atoms with Gasteiger partial charge in [0.2, 0.25) is 0 Å². The molecule has 19 heavy (non-hydrogen) atoms. The molecule has 0 atom stereocenters. The molecule has 1 aromatic carbocycles. The van der Waals surface area contributed by atoms with Crippen molar-refractivity contribution in [1.82, 2.24) is 4.98 Å². The van der Waals surface area contributed by atoms with E-state index in [1.807, 2.05) is 36.6 Å². The van der Waals surface area contributed by atoms with Crippen LogP contribution in [0.4, 0.5) is 0 Å². The second kappa shape index (κ2) is 6.33. The number of nitrogens with zero attached hydrogens (tertiary/aromatic N) is 1. The second-order valence-corrected chi connectivity index (χ2v) is 4.83. The standard InChI is InChI=1S/C14H15NO3S/c1-2-18-12-6-4-3-5-11(12)14-15-10(9-19-14)7-8-13(16)17/h3-6,9H,2,7-8H2,1H3,(H,16,17). The zero-order valence-electron chi connectivity index (χ0n) is 10.6. The number of aromatic nitrogens is 1. The van der Waals surface area contributed by atoms with Gasteiger partial charge in [-0.2, -0.15) is 0 Å². The van der Waals surface area contributed by atoms with Gasteiger partial charge in [0.15, 0.2) is 0 Å². The average molecular weight is 277 g/mol. The van der Waals surface area contributed by atoms with Crippen molar-refractivity contribution in [2.75, 3.05) is 6.61 Å². The molecule has 2 rings (SSSR count). The third-order valence-electron chi connectivity index (χ3n) is 2.56. The SMILES string of the molecule is CCOc1ccccc1-c1nc(CCC(=O)O)cs1. The first-order chi connectivity index (χ1) is 9.20. The summed E-state index contributed by atoms with van der Waals surface area (Å²) in [4.78, 5) is 15.0. The highest BCUT2D eigenvalue weighted by Crippen LogP contribution is 2.32. The van der Waals surface area contributed by atoms with Crippen LogP contribution in [-0.4, -0.2) is 22.7 Å². The molecule has 0 radical (unpaired) electrons. The molecule has 0 spiro atoms. The van der Waals surface area contributed by atoms with Crippen LogP contribution in [0.3, 0.4) is 0 Å². The summed E-state index contributed by atoms with van der Waals surface area (Å²) >= 11 is 1.51. The number of carboxylic acids is 1. The minimum atomic E-state index is -0.802. The predicted molar refractivity (Wildman–Crippen MR) is 74.7 cm³/mol. The number of hydrogen-bond acceptors (Lipinski definition) is 4. The number of rotatable bonds is 6. The molecule has 1 N–H and O–H groups in total. The number of ether oxygens (including phenoxy) is 1. The number of benzene rings is 1. The Morgan fingerprint density at radius 2 is 2.21 bits per heavy atom. The van der Waals surface area contributed by atoms with E-state index in [9.17, 15) is 4.79 Å². The van der Waals surface area contributed by atoms with Gasteiger partial charge >= 0.3 is 5.97 Å². The van der Waals surface area contributed by atoms with Crippen LogP contribution in [0.5, 0.6) is 5.75 Å². The maximum atomic E-state index is 10.5. The molecule has 0 unspecified atom stereocenters. The molecular formula is C14H15NO3S. The van der Waals surface area contributed by atoms with Gasteiger partial charge in [-0.1, -0.05) is 12.1 Å². The van der Waals surface area contributed by atoms with E-state index in [0.29, 0.717) is 13.0 Å². The van der Waals surface area contributed by atoms with Gasteiger partial charge in [-0.3, -0.25) is 4.79 Å². The minimum Gasteiger partial charge on any atom is -0.493 e. The van der Waals surface area contributed by atoms with Crippen molar-refractivity contribution in [3.8, 4) is 16.3 Å². The fourth-order valence-electron chi connectivity index (χ4n) is 1.71. The lowest BCUT2D eigenvalue weighted by molar-refractivity contribution is -0.136. The third kappa shape index (κ3) is 3.54. The first kappa shape index (κ1) is 13.5. The normalized spacial score (nSPS) is 10.4. The van der Waals surface area contributed by atoms with E-state index in [1.165, 1.54) is 11.3 Å². The maximum Gasteiger partial charge on any atom is 0.303 e. The van der Waals surface area contributed by atoms with Crippen molar-refractivity contribution in [1.29, 1.82) is 0 Å². The van der Waals surface area contributed by atoms with Gasteiger partial charge in [-0.25, -0.2) is 4.98 Å². The summed E-state index contributed by atoms with van der Waals surface area (Å²) in [5.41, 5.74) is 1.77. The molecule has 0 amide bonds. The molecule has 1 heterocycles. The fraction of sp³-hybridized carbons (Fsp3) is 0.286. The zero-order chi connectivity index (χ0) is 13.7. The molecule has 0 bridgehead atoms. The van der Waals surface area contributed by atoms with E-state index >= 15 is 0 Å². The van der Waals surface area contributed by atoms with Crippen LogP contribution < -0.4 is 4.74 Å². The molecule has 5 heteroatoms. The Morgan fingerprint density at radius 3 is 2.95 bits per heavy atom. The Labute approximate surface area is 115 Å². The largest absolute Gasteiger partial charge is 0.493 e. The topological polar surface area (TPSA) is 59.4 Å². The molecule has 100 valence electrons. The maximum absolute atomic E-state index is 10.5. The van der Waals surface area contributed by atoms with Gasteiger partial charge in [0, 0.05) is 11.8 Å². The smallest absolute Gasteiger partial charge is 0.303 e. The first-order valence-corrected chi connectivity index (χ1v) is 6.97. The quantitative estimate of drug-likeness (QED) is 0.880. The molecular weight excluding hydrogens is 262 g/mol. The van der Waals surface area contributed by atoms with E-state index in [-0.39, 0.29) is 6.42 Å². The second-order valence-electron chi connectivity index (χ2n) is 3.97. The highest BCUT2D eigenvalue weighted by molar-refractivity contribution is 7.13.